The molecule has 7 atom stereocenters. The fourth-order valence-corrected chi connectivity index (χ4v) is 6.92. The van der Waals surface area contributed by atoms with Crippen molar-refractivity contribution in [3.05, 3.63) is 23.3 Å². The van der Waals surface area contributed by atoms with E-state index in [1.54, 1.807) is 0 Å². The number of fused-ring (bicyclic) bond motifs is 5. The third-order valence-electron chi connectivity index (χ3n) is 8.47. The van der Waals surface area contributed by atoms with Gasteiger partial charge in [0.05, 0.1) is 0 Å². The number of halogens is 1. The molecule has 0 aromatic heterocycles. The van der Waals surface area contributed by atoms with Gasteiger partial charge in [0.1, 0.15) is 18.4 Å². The molecule has 5 unspecified atom stereocenters. The molecule has 4 rings (SSSR count). The van der Waals surface area contributed by atoms with Crippen LogP contribution in [0.1, 0.15) is 52.9 Å². The molecule has 0 aromatic carbocycles. The highest BCUT2D eigenvalue weighted by Crippen LogP contribution is 2.67. The first-order chi connectivity index (χ1) is 12.6. The quantitative estimate of drug-likeness (QED) is 0.727. The Bertz CT molecular complexity index is 770. The standard InChI is InChI=1S/C22H29FO4/c1-12-8-16-14-10-18(23)17-9-13(25)4-6-20(17,2)15(14)5-7-21(16,3)22(12,27)19(26)11-24/h5,9,12,14,16,18,24,27H,4,6-8,10-11H2,1-3H3/t12?,14?,16?,18-,20?,21?,22-/m0/s1. The number of carbonyl (C=O) groups excluding carboxylic acids is 2. The van der Waals surface area contributed by atoms with Gasteiger partial charge in [-0.3, -0.25) is 9.59 Å². The smallest absolute Gasteiger partial charge is 0.190 e. The summed E-state index contributed by atoms with van der Waals surface area (Å²) in [5, 5.41) is 20.8. The van der Waals surface area contributed by atoms with E-state index in [0.29, 0.717) is 37.7 Å². The highest BCUT2D eigenvalue weighted by atomic mass is 19.1. The Balaban J connectivity index is 1.81. The SMILES string of the molecule is CC1CC2C3C[C@H](F)C4=CC(=O)CCC4(C)C3=CCC2(C)[C@@]1(O)C(=O)CO. The summed E-state index contributed by atoms with van der Waals surface area (Å²) in [5.74, 6) is -0.864. The summed E-state index contributed by atoms with van der Waals surface area (Å²) in [6.45, 7) is 5.15. The van der Waals surface area contributed by atoms with Crippen molar-refractivity contribution >= 4 is 11.6 Å². The Morgan fingerprint density at radius 2 is 2.00 bits per heavy atom. The van der Waals surface area contributed by atoms with Crippen LogP contribution in [0.15, 0.2) is 23.3 Å². The second-order valence-electron chi connectivity index (χ2n) is 9.58. The lowest BCUT2D eigenvalue weighted by atomic mass is 9.50. The normalized spacial score (nSPS) is 48.9. The summed E-state index contributed by atoms with van der Waals surface area (Å²) >= 11 is 0. The Labute approximate surface area is 159 Å². The van der Waals surface area contributed by atoms with Crippen LogP contribution in [0.5, 0.6) is 0 Å². The van der Waals surface area contributed by atoms with Crippen molar-refractivity contribution in [3.8, 4) is 0 Å². The summed E-state index contributed by atoms with van der Waals surface area (Å²) in [5.41, 5.74) is -0.937. The number of aliphatic hydroxyl groups is 2. The van der Waals surface area contributed by atoms with Crippen LogP contribution >= 0.6 is 0 Å². The molecule has 2 saturated carbocycles. The van der Waals surface area contributed by atoms with Gasteiger partial charge in [0.25, 0.3) is 0 Å². The van der Waals surface area contributed by atoms with E-state index in [0.717, 1.165) is 0 Å². The summed E-state index contributed by atoms with van der Waals surface area (Å²) < 4.78 is 15.2. The van der Waals surface area contributed by atoms with Crippen LogP contribution in [-0.4, -0.2) is 40.2 Å². The number of carbonyl (C=O) groups is 2. The highest BCUT2D eigenvalue weighted by molar-refractivity contribution is 5.92. The monoisotopic (exact) mass is 376 g/mol. The molecule has 0 amide bonds. The Morgan fingerprint density at radius 1 is 1.30 bits per heavy atom. The molecule has 4 nitrogen and oxygen atoms in total. The molecular formula is C22H29FO4. The van der Waals surface area contributed by atoms with Gasteiger partial charge >= 0.3 is 0 Å². The molecule has 0 radical (unpaired) electrons. The number of hydrogen-bond donors (Lipinski definition) is 2. The molecule has 4 aliphatic rings. The zero-order chi connectivity index (χ0) is 19.8. The van der Waals surface area contributed by atoms with Crippen molar-refractivity contribution in [2.45, 2.75) is 64.6 Å². The summed E-state index contributed by atoms with van der Waals surface area (Å²) in [4.78, 5) is 24.4. The third-order valence-corrected chi connectivity index (χ3v) is 8.47. The van der Waals surface area contributed by atoms with E-state index in [9.17, 15) is 19.8 Å². The molecule has 0 saturated heterocycles. The van der Waals surface area contributed by atoms with Crippen LogP contribution in [0, 0.1) is 28.6 Å². The van der Waals surface area contributed by atoms with Crippen molar-refractivity contribution < 1.29 is 24.2 Å². The molecule has 4 aliphatic carbocycles. The summed E-state index contributed by atoms with van der Waals surface area (Å²) in [7, 11) is 0. The van der Waals surface area contributed by atoms with Crippen LogP contribution < -0.4 is 0 Å². The first-order valence-corrected chi connectivity index (χ1v) is 10.1. The number of allylic oxidation sites excluding steroid dienone is 4. The van der Waals surface area contributed by atoms with Gasteiger partial charge in [-0.05, 0) is 55.1 Å². The van der Waals surface area contributed by atoms with Crippen molar-refractivity contribution in [3.63, 3.8) is 0 Å². The van der Waals surface area contributed by atoms with Crippen molar-refractivity contribution in [1.82, 2.24) is 0 Å². The van der Waals surface area contributed by atoms with Gasteiger partial charge in [-0.2, -0.15) is 0 Å². The number of aliphatic hydroxyl groups excluding tert-OH is 1. The fraction of sp³-hybridized carbons (Fsp3) is 0.727. The van der Waals surface area contributed by atoms with Crippen molar-refractivity contribution in [2.24, 2.45) is 28.6 Å². The predicted molar refractivity (Wildman–Crippen MR) is 98.6 cm³/mol. The van der Waals surface area contributed by atoms with Gasteiger partial charge in [-0.15, -0.1) is 0 Å². The lowest BCUT2D eigenvalue weighted by molar-refractivity contribution is -0.161. The van der Waals surface area contributed by atoms with Gasteiger partial charge in [-0.25, -0.2) is 4.39 Å². The number of alkyl halides is 1. The predicted octanol–water partition coefficient (Wildman–Crippen LogP) is 2.92. The van der Waals surface area contributed by atoms with Crippen LogP contribution in [-0.2, 0) is 9.59 Å². The highest BCUT2D eigenvalue weighted by Gasteiger charge is 2.67. The molecule has 2 fully saturated rings. The summed E-state index contributed by atoms with van der Waals surface area (Å²) in [6, 6.07) is 0. The number of Topliss-reactive ketones (excluding diaryl/α,β-unsaturated/α-hetero) is 1. The first kappa shape index (κ1) is 19.0. The van der Waals surface area contributed by atoms with Gasteiger partial charge in [0, 0.05) is 17.3 Å². The molecule has 0 bridgehead atoms. The van der Waals surface area contributed by atoms with E-state index in [1.165, 1.54) is 11.6 Å². The topological polar surface area (TPSA) is 74.6 Å². The molecule has 0 aliphatic heterocycles. The first-order valence-electron chi connectivity index (χ1n) is 10.1. The Morgan fingerprint density at radius 3 is 2.67 bits per heavy atom. The van der Waals surface area contributed by atoms with Crippen LogP contribution in [0.3, 0.4) is 0 Å². The van der Waals surface area contributed by atoms with E-state index < -0.39 is 35.0 Å². The minimum Gasteiger partial charge on any atom is -0.388 e. The van der Waals surface area contributed by atoms with Gasteiger partial charge in [0.2, 0.25) is 0 Å². The minimum atomic E-state index is -1.58. The zero-order valence-corrected chi connectivity index (χ0v) is 16.3. The van der Waals surface area contributed by atoms with Crippen LogP contribution in [0.4, 0.5) is 4.39 Å². The largest absolute Gasteiger partial charge is 0.388 e. The van der Waals surface area contributed by atoms with E-state index in [1.807, 2.05) is 20.8 Å². The van der Waals surface area contributed by atoms with E-state index in [2.05, 4.69) is 6.08 Å². The minimum absolute atomic E-state index is 0.00206. The molecule has 0 spiro atoms. The second kappa shape index (κ2) is 5.84. The fourth-order valence-electron chi connectivity index (χ4n) is 6.92. The maximum atomic E-state index is 15.2. The molecule has 148 valence electrons. The maximum Gasteiger partial charge on any atom is 0.190 e. The summed E-state index contributed by atoms with van der Waals surface area (Å²) in [6.07, 6.45) is 4.98. The molecule has 0 aromatic rings. The van der Waals surface area contributed by atoms with Gasteiger partial charge in [-0.1, -0.05) is 32.4 Å². The van der Waals surface area contributed by atoms with E-state index in [4.69, 9.17) is 0 Å². The number of ketones is 2. The Kier molecular flexibility index (Phi) is 4.11. The molecular weight excluding hydrogens is 347 g/mol. The average molecular weight is 376 g/mol. The van der Waals surface area contributed by atoms with Crippen molar-refractivity contribution in [2.75, 3.05) is 6.61 Å². The van der Waals surface area contributed by atoms with E-state index in [-0.39, 0.29) is 23.5 Å². The zero-order valence-electron chi connectivity index (χ0n) is 16.3. The average Bonchev–Trinajstić information content (AvgIpc) is 2.84. The Hall–Kier alpha value is -1.33. The lowest BCUT2D eigenvalue weighted by Crippen LogP contribution is -2.58. The molecule has 27 heavy (non-hydrogen) atoms. The van der Waals surface area contributed by atoms with E-state index >= 15 is 4.39 Å². The van der Waals surface area contributed by atoms with Crippen molar-refractivity contribution in [1.29, 1.82) is 0 Å². The number of hydrogen-bond acceptors (Lipinski definition) is 4. The maximum absolute atomic E-state index is 15.2. The van der Waals surface area contributed by atoms with Gasteiger partial charge < -0.3 is 10.2 Å². The lowest BCUT2D eigenvalue weighted by Gasteiger charge is -2.55. The van der Waals surface area contributed by atoms with Crippen LogP contribution in [0.2, 0.25) is 0 Å². The van der Waals surface area contributed by atoms with Crippen LogP contribution in [0.25, 0.3) is 0 Å². The molecule has 5 heteroatoms. The molecule has 2 N–H and O–H groups in total. The molecule has 0 heterocycles. The van der Waals surface area contributed by atoms with Gasteiger partial charge in [0.15, 0.2) is 11.6 Å². The third kappa shape index (κ3) is 2.21. The second-order valence-corrected chi connectivity index (χ2v) is 9.58. The number of rotatable bonds is 2.